The van der Waals surface area contributed by atoms with E-state index in [-0.39, 0.29) is 18.0 Å². The Hall–Kier alpha value is -1.58. The van der Waals surface area contributed by atoms with Crippen LogP contribution in [-0.4, -0.2) is 35.7 Å². The third-order valence-corrected chi connectivity index (χ3v) is 3.36. The summed E-state index contributed by atoms with van der Waals surface area (Å²) in [5.41, 5.74) is 2.05. The molecule has 0 amide bonds. The van der Waals surface area contributed by atoms with Crippen LogP contribution in [-0.2, 0) is 9.53 Å². The van der Waals surface area contributed by atoms with Crippen molar-refractivity contribution in [3.8, 4) is 0 Å². The number of carbonyl (C=O) groups excluding carboxylic acids is 1. The zero-order valence-electron chi connectivity index (χ0n) is 11.4. The predicted octanol–water partition coefficient (Wildman–Crippen LogP) is 2.27. The summed E-state index contributed by atoms with van der Waals surface area (Å²) in [4.78, 5) is 18.5. The van der Waals surface area contributed by atoms with Gasteiger partial charge in [0.05, 0.1) is 12.8 Å². The summed E-state index contributed by atoms with van der Waals surface area (Å²) in [6.07, 6.45) is 5.74. The van der Waals surface area contributed by atoms with Crippen molar-refractivity contribution in [1.29, 1.82) is 0 Å². The highest BCUT2D eigenvalue weighted by Crippen LogP contribution is 2.33. The van der Waals surface area contributed by atoms with Crippen molar-refractivity contribution < 1.29 is 9.53 Å². The molecule has 2 heterocycles. The van der Waals surface area contributed by atoms with Crippen molar-refractivity contribution in [2.75, 3.05) is 7.11 Å². The first-order valence-corrected chi connectivity index (χ1v) is 6.42. The summed E-state index contributed by atoms with van der Waals surface area (Å²) in [5, 5.41) is 0. The lowest BCUT2D eigenvalue weighted by Gasteiger charge is -2.33. The van der Waals surface area contributed by atoms with Crippen LogP contribution in [0.2, 0.25) is 0 Å². The van der Waals surface area contributed by atoms with Gasteiger partial charge in [-0.05, 0) is 26.3 Å². The highest BCUT2D eigenvalue weighted by atomic mass is 16.5. The lowest BCUT2D eigenvalue weighted by atomic mass is 10.0. The number of ketones is 1. The van der Waals surface area contributed by atoms with Gasteiger partial charge in [-0.2, -0.15) is 0 Å². The van der Waals surface area contributed by atoms with Crippen molar-refractivity contribution in [3.05, 3.63) is 23.6 Å². The molecule has 4 nitrogen and oxygen atoms in total. The molecule has 0 spiro atoms. The third kappa shape index (κ3) is 1.96. The topological polar surface area (TPSA) is 41.9 Å². The molecular weight excluding hydrogens is 228 g/mol. The second-order valence-electron chi connectivity index (χ2n) is 4.70. The maximum absolute atomic E-state index is 11.7. The highest BCUT2D eigenvalue weighted by molar-refractivity contribution is 6.03. The molecule has 2 atom stereocenters. The minimum absolute atomic E-state index is 0.00514. The van der Waals surface area contributed by atoms with Gasteiger partial charge in [-0.1, -0.05) is 19.4 Å². The SMILES string of the molecule is CCCC1=NC(C)N2C1=C(OC)C=CC2C(C)=O. The van der Waals surface area contributed by atoms with E-state index < -0.39 is 0 Å². The monoisotopic (exact) mass is 248 g/mol. The molecule has 0 aliphatic carbocycles. The number of fused-ring (bicyclic) bond motifs is 1. The van der Waals surface area contributed by atoms with E-state index in [1.165, 1.54) is 0 Å². The Morgan fingerprint density at radius 2 is 2.28 bits per heavy atom. The molecule has 18 heavy (non-hydrogen) atoms. The van der Waals surface area contributed by atoms with Gasteiger partial charge in [-0.3, -0.25) is 9.79 Å². The molecule has 0 aromatic carbocycles. The zero-order valence-corrected chi connectivity index (χ0v) is 11.4. The molecule has 0 saturated carbocycles. The molecule has 2 aliphatic heterocycles. The fraction of sp³-hybridized carbons (Fsp3) is 0.571. The van der Waals surface area contributed by atoms with Gasteiger partial charge in [-0.15, -0.1) is 0 Å². The van der Waals surface area contributed by atoms with Crippen LogP contribution in [0, 0.1) is 0 Å². The number of nitrogens with zero attached hydrogens (tertiary/aromatic N) is 2. The summed E-state index contributed by atoms with van der Waals surface area (Å²) >= 11 is 0. The molecule has 2 aliphatic rings. The van der Waals surface area contributed by atoms with E-state index in [1.54, 1.807) is 14.0 Å². The Balaban J connectivity index is 2.43. The molecule has 0 N–H and O–H groups in total. The fourth-order valence-electron chi connectivity index (χ4n) is 2.59. The van der Waals surface area contributed by atoms with Crippen molar-refractivity contribution in [3.63, 3.8) is 0 Å². The van der Waals surface area contributed by atoms with Crippen LogP contribution in [0.1, 0.15) is 33.6 Å². The first-order chi connectivity index (χ1) is 8.60. The number of methoxy groups -OCH3 is 1. The van der Waals surface area contributed by atoms with Gasteiger partial charge in [0.15, 0.2) is 5.78 Å². The zero-order chi connectivity index (χ0) is 13.3. The van der Waals surface area contributed by atoms with Crippen LogP contribution < -0.4 is 0 Å². The average Bonchev–Trinajstić information content (AvgIpc) is 2.66. The fourth-order valence-corrected chi connectivity index (χ4v) is 2.59. The predicted molar refractivity (Wildman–Crippen MR) is 71.3 cm³/mol. The Labute approximate surface area is 108 Å². The molecule has 4 heteroatoms. The second-order valence-corrected chi connectivity index (χ2v) is 4.70. The van der Waals surface area contributed by atoms with Crippen molar-refractivity contribution in [2.24, 2.45) is 4.99 Å². The molecule has 2 unspecified atom stereocenters. The number of hydrogen-bond donors (Lipinski definition) is 0. The van der Waals surface area contributed by atoms with Gasteiger partial charge in [-0.25, -0.2) is 0 Å². The van der Waals surface area contributed by atoms with Crippen LogP contribution in [0.3, 0.4) is 0 Å². The Bertz CT molecular complexity index is 449. The van der Waals surface area contributed by atoms with Gasteiger partial charge in [0.25, 0.3) is 0 Å². The van der Waals surface area contributed by atoms with Crippen molar-refractivity contribution in [2.45, 2.75) is 45.8 Å². The van der Waals surface area contributed by atoms with E-state index in [0.717, 1.165) is 30.0 Å². The standard InChI is InChI=1S/C14H20N2O2/c1-5-6-11-14-13(18-4)8-7-12(9(2)17)16(14)10(3)15-11/h7-8,10,12H,5-6H2,1-4H3. The molecule has 0 fully saturated rings. The number of carbonyl (C=O) groups is 1. The maximum atomic E-state index is 11.7. The second kappa shape index (κ2) is 4.96. The first-order valence-electron chi connectivity index (χ1n) is 6.42. The van der Waals surface area contributed by atoms with E-state index in [4.69, 9.17) is 4.74 Å². The van der Waals surface area contributed by atoms with Crippen molar-refractivity contribution in [1.82, 2.24) is 4.90 Å². The molecular formula is C14H20N2O2. The number of aliphatic imine (C=N–C) groups is 1. The summed E-state index contributed by atoms with van der Waals surface area (Å²) < 4.78 is 5.42. The van der Waals surface area contributed by atoms with Crippen molar-refractivity contribution >= 4 is 11.5 Å². The molecule has 0 bridgehead atoms. The van der Waals surface area contributed by atoms with Crippen LogP contribution in [0.4, 0.5) is 0 Å². The van der Waals surface area contributed by atoms with E-state index in [9.17, 15) is 4.79 Å². The summed E-state index contributed by atoms with van der Waals surface area (Å²) in [7, 11) is 1.66. The molecule has 0 aromatic rings. The van der Waals surface area contributed by atoms with E-state index in [0.29, 0.717) is 0 Å². The van der Waals surface area contributed by atoms with Gasteiger partial charge in [0.2, 0.25) is 0 Å². The minimum Gasteiger partial charge on any atom is -0.495 e. The summed E-state index contributed by atoms with van der Waals surface area (Å²) in [6.45, 7) is 5.77. The number of hydrogen-bond acceptors (Lipinski definition) is 4. The number of ether oxygens (including phenoxy) is 1. The largest absolute Gasteiger partial charge is 0.495 e. The molecule has 0 saturated heterocycles. The quantitative estimate of drug-likeness (QED) is 0.766. The van der Waals surface area contributed by atoms with E-state index >= 15 is 0 Å². The van der Waals surface area contributed by atoms with E-state index in [1.807, 2.05) is 19.1 Å². The minimum atomic E-state index is -0.216. The molecule has 98 valence electrons. The summed E-state index contributed by atoms with van der Waals surface area (Å²) in [6, 6.07) is -0.216. The maximum Gasteiger partial charge on any atom is 0.156 e. The van der Waals surface area contributed by atoms with Crippen LogP contribution in [0.15, 0.2) is 28.6 Å². The Morgan fingerprint density at radius 1 is 1.56 bits per heavy atom. The number of Topliss-reactive ketones (excluding diaryl/α,β-unsaturated/α-hetero) is 1. The van der Waals surface area contributed by atoms with E-state index in [2.05, 4.69) is 16.8 Å². The normalized spacial score (nSPS) is 26.2. The molecule has 0 aromatic heterocycles. The number of rotatable bonds is 4. The van der Waals surface area contributed by atoms with Crippen LogP contribution >= 0.6 is 0 Å². The third-order valence-electron chi connectivity index (χ3n) is 3.36. The molecule has 2 rings (SSSR count). The Kier molecular flexibility index (Phi) is 3.55. The smallest absolute Gasteiger partial charge is 0.156 e. The van der Waals surface area contributed by atoms with Gasteiger partial charge in [0, 0.05) is 0 Å². The lowest BCUT2D eigenvalue weighted by molar-refractivity contribution is -0.120. The van der Waals surface area contributed by atoms with Crippen LogP contribution in [0.25, 0.3) is 0 Å². The first kappa shape index (κ1) is 12.9. The van der Waals surface area contributed by atoms with Crippen LogP contribution in [0.5, 0.6) is 0 Å². The van der Waals surface area contributed by atoms with Gasteiger partial charge < -0.3 is 9.64 Å². The number of allylic oxidation sites excluding steroid dienone is 2. The summed E-state index contributed by atoms with van der Waals surface area (Å²) in [5.74, 6) is 0.947. The molecule has 0 radical (unpaired) electrons. The van der Waals surface area contributed by atoms with Gasteiger partial charge >= 0.3 is 0 Å². The highest BCUT2D eigenvalue weighted by Gasteiger charge is 2.38. The van der Waals surface area contributed by atoms with Gasteiger partial charge in [0.1, 0.15) is 23.7 Å². The average molecular weight is 248 g/mol. The lowest BCUT2D eigenvalue weighted by Crippen LogP contribution is -2.43. The Morgan fingerprint density at radius 3 is 2.83 bits per heavy atom.